The number of alkyl halides is 3. The molecule has 0 saturated carbocycles. The molecule has 1 aromatic heterocycles. The van der Waals surface area contributed by atoms with Crippen LogP contribution >= 0.6 is 0 Å². The number of benzene rings is 2. The minimum absolute atomic E-state index is 0.00145. The van der Waals surface area contributed by atoms with E-state index < -0.39 is 34.9 Å². The number of rotatable bonds is 16. The van der Waals surface area contributed by atoms with Gasteiger partial charge < -0.3 is 25.7 Å². The Morgan fingerprint density at radius 1 is 0.964 bits per heavy atom. The van der Waals surface area contributed by atoms with Crippen LogP contribution in [0.15, 0.2) is 42.5 Å². The second-order valence-electron chi connectivity index (χ2n) is 15.6. The summed E-state index contributed by atoms with van der Waals surface area (Å²) in [6, 6.07) is 9.57. The van der Waals surface area contributed by atoms with Crippen LogP contribution in [0, 0.1) is 29.5 Å². The van der Waals surface area contributed by atoms with Crippen LogP contribution in [0.1, 0.15) is 95.0 Å². The number of aromatic amines is 1. The fourth-order valence-electron chi connectivity index (χ4n) is 8.00. The van der Waals surface area contributed by atoms with Gasteiger partial charge in [0.2, 0.25) is 5.91 Å². The highest BCUT2D eigenvalue weighted by Crippen LogP contribution is 2.41. The Bertz CT molecular complexity index is 1840. The van der Waals surface area contributed by atoms with E-state index in [9.17, 15) is 36.7 Å². The van der Waals surface area contributed by atoms with E-state index in [1.54, 1.807) is 12.1 Å². The van der Waals surface area contributed by atoms with Crippen molar-refractivity contribution in [3.05, 3.63) is 70.7 Å². The largest absolute Gasteiger partial charge is 0.418 e. The van der Waals surface area contributed by atoms with Gasteiger partial charge in [-0.1, -0.05) is 70.9 Å². The summed E-state index contributed by atoms with van der Waals surface area (Å²) >= 11 is 0. The number of ketones is 2. The molecule has 1 aliphatic heterocycles. The summed E-state index contributed by atoms with van der Waals surface area (Å²) in [6.45, 7) is 9.07. The van der Waals surface area contributed by atoms with Gasteiger partial charge >= 0.3 is 12.2 Å². The highest BCUT2D eigenvalue weighted by molar-refractivity contribution is 5.97. The summed E-state index contributed by atoms with van der Waals surface area (Å²) < 4.78 is 62.1. The third-order valence-electron chi connectivity index (χ3n) is 11.9. The molecule has 13 heteroatoms. The van der Waals surface area contributed by atoms with Crippen molar-refractivity contribution in [3.63, 3.8) is 0 Å². The van der Waals surface area contributed by atoms with Gasteiger partial charge in [-0.2, -0.15) is 13.2 Å². The zero-order chi connectivity index (χ0) is 39.9. The number of halogens is 4. The molecule has 300 valence electrons. The number of aromatic nitrogens is 1. The fraction of sp³-hybridized carbons (Fsp3) is 0.571. The predicted molar refractivity (Wildman–Crippen MR) is 202 cm³/mol. The lowest BCUT2D eigenvalue weighted by Crippen LogP contribution is -2.60. The van der Waals surface area contributed by atoms with Crippen molar-refractivity contribution < 1.29 is 41.5 Å². The first-order valence-corrected chi connectivity index (χ1v) is 19.6. The van der Waals surface area contributed by atoms with Gasteiger partial charge in [0.1, 0.15) is 17.1 Å². The Balaban J connectivity index is 1.44. The molecule has 5 atom stereocenters. The molecule has 2 aromatic carbocycles. The third-order valence-corrected chi connectivity index (χ3v) is 11.9. The summed E-state index contributed by atoms with van der Waals surface area (Å²) in [4.78, 5) is 58.5. The molecule has 55 heavy (non-hydrogen) atoms. The number of urea groups is 1. The van der Waals surface area contributed by atoms with Crippen LogP contribution in [0.25, 0.3) is 10.9 Å². The van der Waals surface area contributed by atoms with Crippen LogP contribution in [0.4, 0.5) is 22.4 Å². The molecule has 0 radical (unpaired) electrons. The van der Waals surface area contributed by atoms with Crippen molar-refractivity contribution >= 4 is 34.4 Å². The van der Waals surface area contributed by atoms with Crippen molar-refractivity contribution in [2.45, 2.75) is 110 Å². The smallest absolute Gasteiger partial charge is 0.381 e. The number of amides is 3. The maximum absolute atomic E-state index is 14.8. The fourth-order valence-corrected chi connectivity index (χ4v) is 8.00. The van der Waals surface area contributed by atoms with Gasteiger partial charge in [0.05, 0.1) is 11.1 Å². The lowest BCUT2D eigenvalue weighted by molar-refractivity contribution is -0.137. The Kier molecular flexibility index (Phi) is 13.8. The van der Waals surface area contributed by atoms with Crippen molar-refractivity contribution in [1.29, 1.82) is 0 Å². The van der Waals surface area contributed by atoms with E-state index in [0.717, 1.165) is 6.07 Å². The molecule has 4 N–H and O–H groups in total. The molecular formula is C42H54F4N4O5. The first-order chi connectivity index (χ1) is 26.2. The molecule has 1 aliphatic carbocycles. The lowest BCUT2D eigenvalue weighted by Gasteiger charge is -2.40. The van der Waals surface area contributed by atoms with Gasteiger partial charge in [0, 0.05) is 68.5 Å². The molecule has 9 nitrogen and oxygen atoms in total. The van der Waals surface area contributed by atoms with Gasteiger partial charge in [-0.25, -0.2) is 9.18 Å². The SMILES string of the molecule is CCC(C)[C@@H](CNC(=O)NC1CCOCC1)CC(=O)[C@@]1(NC(=O)[C@@H](CC(=O)Cc2ccccc2F)C(C)CC)CCc2[nH]c3c(C(F)(F)F)cccc3c2C1. The second-order valence-corrected chi connectivity index (χ2v) is 15.6. The quantitative estimate of drug-likeness (QED) is 0.111. The maximum Gasteiger partial charge on any atom is 0.418 e. The second kappa shape index (κ2) is 18.1. The lowest BCUT2D eigenvalue weighted by atomic mass is 9.72. The number of para-hydroxylation sites is 1. The van der Waals surface area contributed by atoms with E-state index in [1.807, 2.05) is 27.7 Å². The van der Waals surface area contributed by atoms with Gasteiger partial charge in [0.15, 0.2) is 5.78 Å². The minimum atomic E-state index is -4.61. The Hall–Kier alpha value is -4.26. The minimum Gasteiger partial charge on any atom is -0.381 e. The molecule has 2 heterocycles. The van der Waals surface area contributed by atoms with Gasteiger partial charge in [-0.15, -0.1) is 0 Å². The molecule has 0 bridgehead atoms. The van der Waals surface area contributed by atoms with Crippen LogP contribution < -0.4 is 16.0 Å². The number of carbonyl (C=O) groups is 4. The molecular weight excluding hydrogens is 716 g/mol. The Morgan fingerprint density at radius 3 is 2.35 bits per heavy atom. The average Bonchev–Trinajstić information content (AvgIpc) is 3.53. The van der Waals surface area contributed by atoms with E-state index in [-0.39, 0.29) is 97.5 Å². The number of carbonyl (C=O) groups excluding carboxylic acids is 4. The van der Waals surface area contributed by atoms with Crippen LogP contribution in [-0.4, -0.2) is 59.8 Å². The molecule has 2 aliphatic rings. The number of fused-ring (bicyclic) bond motifs is 3. The van der Waals surface area contributed by atoms with E-state index in [0.29, 0.717) is 55.5 Å². The molecule has 5 rings (SSSR count). The standard InChI is InChI=1S/C42H54F4N4O5/c1-5-25(3)28(24-47-40(54)48-29-15-18-55-19-16-29)21-37(52)41(17-14-36-33(23-41)31-11-9-12-34(38(31)49-36)42(44,45)46)50-39(53)32(26(4)6-2)22-30(51)20-27-10-7-8-13-35(27)43/h7-13,25-26,28-29,32,49H,5-6,14-24H2,1-4H3,(H,50,53)(H2,47,48,54)/t25?,26?,28-,32+,41-/m1/s1. The number of aryl methyl sites for hydroxylation is 1. The van der Waals surface area contributed by atoms with E-state index in [2.05, 4.69) is 20.9 Å². The highest BCUT2D eigenvalue weighted by Gasteiger charge is 2.46. The monoisotopic (exact) mass is 770 g/mol. The summed E-state index contributed by atoms with van der Waals surface area (Å²) in [7, 11) is 0. The highest BCUT2D eigenvalue weighted by atomic mass is 19.4. The normalized spacial score (nSPS) is 19.9. The number of hydrogen-bond donors (Lipinski definition) is 4. The maximum atomic E-state index is 14.8. The number of hydrogen-bond acceptors (Lipinski definition) is 5. The van der Waals surface area contributed by atoms with Crippen LogP contribution in [0.3, 0.4) is 0 Å². The average molecular weight is 771 g/mol. The summed E-state index contributed by atoms with van der Waals surface area (Å²) in [6.07, 6.45) is -2.02. The molecule has 3 amide bonds. The van der Waals surface area contributed by atoms with Crippen molar-refractivity contribution in [2.24, 2.45) is 23.7 Å². The topological polar surface area (TPSA) is 129 Å². The molecule has 1 fully saturated rings. The van der Waals surface area contributed by atoms with Gasteiger partial charge in [-0.05, 0) is 66.7 Å². The third kappa shape index (κ3) is 10.1. The Labute approximate surface area is 320 Å². The zero-order valence-electron chi connectivity index (χ0n) is 32.2. The van der Waals surface area contributed by atoms with Crippen molar-refractivity contribution in [2.75, 3.05) is 19.8 Å². The van der Waals surface area contributed by atoms with Gasteiger partial charge in [-0.3, -0.25) is 14.4 Å². The summed E-state index contributed by atoms with van der Waals surface area (Å²) in [5.41, 5.74) is -1.04. The number of nitrogens with one attached hydrogen (secondary N) is 4. The first-order valence-electron chi connectivity index (χ1n) is 19.6. The number of Topliss-reactive ketones (excluding diaryl/α,β-unsaturated/α-hetero) is 2. The Morgan fingerprint density at radius 2 is 1.67 bits per heavy atom. The van der Waals surface area contributed by atoms with Crippen LogP contribution in [0.5, 0.6) is 0 Å². The van der Waals surface area contributed by atoms with Crippen LogP contribution in [-0.2, 0) is 44.6 Å². The van der Waals surface area contributed by atoms with E-state index >= 15 is 0 Å². The molecule has 3 aromatic rings. The zero-order valence-corrected chi connectivity index (χ0v) is 32.2. The number of ether oxygens (including phenoxy) is 1. The van der Waals surface area contributed by atoms with Crippen LogP contribution in [0.2, 0.25) is 0 Å². The van der Waals surface area contributed by atoms with E-state index in [1.165, 1.54) is 24.3 Å². The molecule has 0 spiro atoms. The molecule has 1 saturated heterocycles. The number of H-pyrrole nitrogens is 1. The summed E-state index contributed by atoms with van der Waals surface area (Å²) in [5, 5.41) is 9.34. The molecule has 2 unspecified atom stereocenters. The van der Waals surface area contributed by atoms with Gasteiger partial charge in [0.25, 0.3) is 0 Å². The van der Waals surface area contributed by atoms with E-state index in [4.69, 9.17) is 4.74 Å². The van der Waals surface area contributed by atoms with Crippen molar-refractivity contribution in [1.82, 2.24) is 20.9 Å². The predicted octanol–water partition coefficient (Wildman–Crippen LogP) is 7.63. The van der Waals surface area contributed by atoms with Crippen molar-refractivity contribution in [3.8, 4) is 0 Å². The summed E-state index contributed by atoms with van der Waals surface area (Å²) in [5.74, 6) is -3.04. The first kappa shape index (κ1) is 41.9.